The SMILES string of the molecule is CC(C)(O)c1ccc2[nH]c(=O)cc(C(F)(F)F)c2c1. The lowest BCUT2D eigenvalue weighted by Gasteiger charge is -2.19. The fraction of sp³-hybridized carbons (Fsp3) is 0.308. The fourth-order valence-electron chi connectivity index (χ4n) is 1.87. The minimum atomic E-state index is -4.62. The highest BCUT2D eigenvalue weighted by Crippen LogP contribution is 2.34. The van der Waals surface area contributed by atoms with Crippen molar-refractivity contribution in [2.75, 3.05) is 0 Å². The van der Waals surface area contributed by atoms with Crippen molar-refractivity contribution in [3.63, 3.8) is 0 Å². The van der Waals surface area contributed by atoms with Gasteiger partial charge >= 0.3 is 6.18 Å². The van der Waals surface area contributed by atoms with Crippen molar-refractivity contribution in [3.05, 3.63) is 45.7 Å². The van der Waals surface area contributed by atoms with Gasteiger partial charge in [-0.15, -0.1) is 0 Å². The molecule has 2 N–H and O–H groups in total. The Morgan fingerprint density at radius 2 is 1.79 bits per heavy atom. The highest BCUT2D eigenvalue weighted by atomic mass is 19.4. The zero-order chi connectivity index (χ0) is 14.4. The highest BCUT2D eigenvalue weighted by Gasteiger charge is 2.33. The summed E-state index contributed by atoms with van der Waals surface area (Å²) >= 11 is 0. The number of benzene rings is 1. The van der Waals surface area contributed by atoms with Gasteiger partial charge in [0.25, 0.3) is 0 Å². The second-order valence-electron chi connectivity index (χ2n) is 4.86. The smallest absolute Gasteiger partial charge is 0.386 e. The first-order valence-electron chi connectivity index (χ1n) is 5.56. The van der Waals surface area contributed by atoms with Crippen LogP contribution < -0.4 is 5.56 Å². The Morgan fingerprint density at radius 3 is 2.32 bits per heavy atom. The molecule has 2 rings (SSSR count). The molecule has 0 unspecified atom stereocenters. The van der Waals surface area contributed by atoms with Crippen LogP contribution in [-0.2, 0) is 11.8 Å². The summed E-state index contributed by atoms with van der Waals surface area (Å²) in [6.45, 7) is 2.96. The number of aromatic nitrogens is 1. The molecule has 0 saturated heterocycles. The third-order valence-electron chi connectivity index (χ3n) is 2.85. The Kier molecular flexibility index (Phi) is 2.93. The molecule has 3 nitrogen and oxygen atoms in total. The second-order valence-corrected chi connectivity index (χ2v) is 4.86. The zero-order valence-electron chi connectivity index (χ0n) is 10.3. The Balaban J connectivity index is 2.84. The van der Waals surface area contributed by atoms with Gasteiger partial charge in [-0.25, -0.2) is 0 Å². The molecule has 0 spiro atoms. The summed E-state index contributed by atoms with van der Waals surface area (Å²) in [5.41, 5.74) is -2.63. The van der Waals surface area contributed by atoms with Gasteiger partial charge in [0.1, 0.15) is 0 Å². The molecule has 0 aliphatic carbocycles. The van der Waals surface area contributed by atoms with E-state index in [1.807, 2.05) is 0 Å². The summed E-state index contributed by atoms with van der Waals surface area (Å²) in [7, 11) is 0. The number of nitrogens with one attached hydrogen (secondary N) is 1. The summed E-state index contributed by atoms with van der Waals surface area (Å²) in [4.78, 5) is 13.6. The normalized spacial score (nSPS) is 12.9. The fourth-order valence-corrected chi connectivity index (χ4v) is 1.87. The zero-order valence-corrected chi connectivity index (χ0v) is 10.3. The maximum atomic E-state index is 12.9. The third-order valence-corrected chi connectivity index (χ3v) is 2.85. The molecule has 19 heavy (non-hydrogen) atoms. The van der Waals surface area contributed by atoms with E-state index in [1.165, 1.54) is 32.0 Å². The standard InChI is InChI=1S/C13H12F3NO2/c1-12(2,19)7-3-4-10-8(5-7)9(13(14,15)16)6-11(18)17-10/h3-6,19H,1-2H3,(H,17,18). The maximum Gasteiger partial charge on any atom is 0.417 e. The summed E-state index contributed by atoms with van der Waals surface area (Å²) < 4.78 is 38.7. The largest absolute Gasteiger partial charge is 0.417 e. The molecule has 0 amide bonds. The topological polar surface area (TPSA) is 53.1 Å². The number of rotatable bonds is 1. The van der Waals surface area contributed by atoms with E-state index >= 15 is 0 Å². The minimum Gasteiger partial charge on any atom is -0.386 e. The number of alkyl halides is 3. The van der Waals surface area contributed by atoms with Gasteiger partial charge in [0, 0.05) is 17.0 Å². The van der Waals surface area contributed by atoms with Crippen molar-refractivity contribution >= 4 is 10.9 Å². The first-order valence-corrected chi connectivity index (χ1v) is 5.56. The predicted molar refractivity (Wildman–Crippen MR) is 64.8 cm³/mol. The lowest BCUT2D eigenvalue weighted by atomic mass is 9.95. The van der Waals surface area contributed by atoms with E-state index in [1.54, 1.807) is 0 Å². The van der Waals surface area contributed by atoms with Gasteiger partial charge in [-0.1, -0.05) is 6.07 Å². The van der Waals surface area contributed by atoms with E-state index in [-0.39, 0.29) is 10.9 Å². The Labute approximate surface area is 106 Å². The molecule has 2 aromatic rings. The molecule has 0 radical (unpaired) electrons. The molecule has 1 aromatic carbocycles. The van der Waals surface area contributed by atoms with Crippen molar-refractivity contribution in [2.45, 2.75) is 25.6 Å². The van der Waals surface area contributed by atoms with Gasteiger partial charge in [0.2, 0.25) is 5.56 Å². The molecule has 1 aromatic heterocycles. The van der Waals surface area contributed by atoms with Crippen LogP contribution >= 0.6 is 0 Å². The van der Waals surface area contributed by atoms with Crippen LogP contribution in [-0.4, -0.2) is 10.1 Å². The number of hydrogen-bond donors (Lipinski definition) is 2. The van der Waals surface area contributed by atoms with Crippen molar-refractivity contribution in [1.29, 1.82) is 0 Å². The molecule has 0 aliphatic rings. The van der Waals surface area contributed by atoms with Gasteiger partial charge in [-0.3, -0.25) is 4.79 Å². The third kappa shape index (κ3) is 2.63. The molecule has 0 atom stereocenters. The van der Waals surface area contributed by atoms with Crippen LogP contribution in [0.15, 0.2) is 29.1 Å². The minimum absolute atomic E-state index is 0.0906. The second kappa shape index (κ2) is 4.09. The first-order chi connectivity index (χ1) is 8.59. The van der Waals surface area contributed by atoms with E-state index in [9.17, 15) is 23.1 Å². The van der Waals surface area contributed by atoms with Gasteiger partial charge in [-0.05, 0) is 31.5 Å². The number of halogens is 3. The quantitative estimate of drug-likeness (QED) is 0.838. The summed E-state index contributed by atoms with van der Waals surface area (Å²) in [6, 6.07) is 4.61. The molecular formula is C13H12F3NO2. The molecule has 6 heteroatoms. The van der Waals surface area contributed by atoms with Crippen LogP contribution in [0.5, 0.6) is 0 Å². The van der Waals surface area contributed by atoms with Gasteiger partial charge < -0.3 is 10.1 Å². The van der Waals surface area contributed by atoms with E-state index in [0.717, 1.165) is 0 Å². The van der Waals surface area contributed by atoms with Crippen LogP contribution in [0, 0.1) is 0 Å². The van der Waals surface area contributed by atoms with Crippen LogP contribution in [0.25, 0.3) is 10.9 Å². The van der Waals surface area contributed by atoms with Gasteiger partial charge in [-0.2, -0.15) is 13.2 Å². The Hall–Kier alpha value is -1.82. The molecule has 102 valence electrons. The van der Waals surface area contributed by atoms with Gasteiger partial charge in [0.05, 0.1) is 11.2 Å². The molecular weight excluding hydrogens is 259 g/mol. The number of pyridine rings is 1. The number of hydrogen-bond acceptors (Lipinski definition) is 2. The van der Waals surface area contributed by atoms with Crippen molar-refractivity contribution in [3.8, 4) is 0 Å². The lowest BCUT2D eigenvalue weighted by molar-refractivity contribution is -0.136. The van der Waals surface area contributed by atoms with Crippen LogP contribution in [0.4, 0.5) is 13.2 Å². The van der Waals surface area contributed by atoms with E-state index < -0.39 is 22.9 Å². The number of fused-ring (bicyclic) bond motifs is 1. The average Bonchev–Trinajstić information content (AvgIpc) is 2.24. The first kappa shape index (κ1) is 13.6. The average molecular weight is 271 g/mol. The summed E-state index contributed by atoms with van der Waals surface area (Å²) in [5.74, 6) is 0. The Morgan fingerprint density at radius 1 is 1.16 bits per heavy atom. The van der Waals surface area contributed by atoms with Crippen molar-refractivity contribution < 1.29 is 18.3 Å². The van der Waals surface area contributed by atoms with E-state index in [4.69, 9.17) is 0 Å². The molecule has 0 bridgehead atoms. The Bertz CT molecular complexity index is 681. The number of aromatic amines is 1. The summed E-state index contributed by atoms with van der Waals surface area (Å²) in [5, 5.41) is 9.71. The molecule has 0 fully saturated rings. The highest BCUT2D eigenvalue weighted by molar-refractivity contribution is 5.83. The number of H-pyrrole nitrogens is 1. The van der Waals surface area contributed by atoms with E-state index in [2.05, 4.69) is 4.98 Å². The van der Waals surface area contributed by atoms with Crippen LogP contribution in [0.1, 0.15) is 25.0 Å². The van der Waals surface area contributed by atoms with Gasteiger partial charge in [0.15, 0.2) is 0 Å². The monoisotopic (exact) mass is 271 g/mol. The molecule has 0 aliphatic heterocycles. The maximum absolute atomic E-state index is 12.9. The van der Waals surface area contributed by atoms with Crippen LogP contribution in [0.2, 0.25) is 0 Å². The lowest BCUT2D eigenvalue weighted by Crippen LogP contribution is -2.17. The number of aliphatic hydroxyl groups is 1. The van der Waals surface area contributed by atoms with E-state index in [0.29, 0.717) is 11.6 Å². The van der Waals surface area contributed by atoms with Crippen molar-refractivity contribution in [1.82, 2.24) is 4.98 Å². The predicted octanol–water partition coefficient (Wildman–Crippen LogP) is 2.77. The molecule has 0 saturated carbocycles. The van der Waals surface area contributed by atoms with Crippen molar-refractivity contribution in [2.24, 2.45) is 0 Å². The summed E-state index contributed by atoms with van der Waals surface area (Å²) in [6.07, 6.45) is -4.62. The molecule has 1 heterocycles. The van der Waals surface area contributed by atoms with Crippen LogP contribution in [0.3, 0.4) is 0 Å².